The predicted molar refractivity (Wildman–Crippen MR) is 119 cm³/mol. The van der Waals surface area contributed by atoms with Gasteiger partial charge in [-0.2, -0.15) is 4.37 Å². The van der Waals surface area contributed by atoms with Crippen molar-refractivity contribution in [3.63, 3.8) is 0 Å². The van der Waals surface area contributed by atoms with Crippen molar-refractivity contribution in [2.45, 2.75) is 46.2 Å². The molecule has 5 nitrogen and oxygen atoms in total. The molecule has 152 valence electrons. The maximum Gasteiger partial charge on any atom is 0.239 e. The molecule has 0 radical (unpaired) electrons. The molecule has 3 rings (SSSR count). The van der Waals surface area contributed by atoms with Crippen molar-refractivity contribution in [3.05, 3.63) is 77.1 Å². The van der Waals surface area contributed by atoms with E-state index in [0.29, 0.717) is 13.0 Å². The van der Waals surface area contributed by atoms with Crippen LogP contribution in [0, 0.1) is 6.92 Å². The fourth-order valence-corrected chi connectivity index (χ4v) is 3.61. The standard InChI is InChI=1S/C23H28N4OS/c1-4-18(3)24-22(28)16-27(15-20-8-6-5-7-9-20)23-25-21(26-29-23)14-19-12-10-17(2)11-13-19/h5-13,18H,4,14-16H2,1-3H3,(H,24,28)/t18-/m1/s1. The minimum atomic E-state index is 0.00515. The third-order valence-corrected chi connectivity index (χ3v) is 5.60. The summed E-state index contributed by atoms with van der Waals surface area (Å²) in [5.41, 5.74) is 3.56. The van der Waals surface area contributed by atoms with E-state index in [1.165, 1.54) is 22.7 Å². The summed E-state index contributed by atoms with van der Waals surface area (Å²) in [6.45, 7) is 7.04. The first-order chi connectivity index (χ1) is 14.0. The summed E-state index contributed by atoms with van der Waals surface area (Å²) >= 11 is 1.35. The highest BCUT2D eigenvalue weighted by Gasteiger charge is 2.18. The van der Waals surface area contributed by atoms with E-state index < -0.39 is 0 Å². The summed E-state index contributed by atoms with van der Waals surface area (Å²) < 4.78 is 4.54. The third-order valence-electron chi connectivity index (χ3n) is 4.78. The van der Waals surface area contributed by atoms with E-state index in [9.17, 15) is 4.79 Å². The number of carbonyl (C=O) groups excluding carboxylic acids is 1. The SMILES string of the molecule is CC[C@@H](C)NC(=O)CN(Cc1ccccc1)c1nc(Cc2ccc(C)cc2)ns1. The second kappa shape index (κ2) is 10.2. The van der Waals surface area contributed by atoms with Crippen LogP contribution in [0.5, 0.6) is 0 Å². The van der Waals surface area contributed by atoms with Crippen LogP contribution in [-0.4, -0.2) is 27.9 Å². The maximum atomic E-state index is 12.5. The predicted octanol–water partition coefficient (Wildman–Crippen LogP) is 4.36. The zero-order chi connectivity index (χ0) is 20.6. The highest BCUT2D eigenvalue weighted by molar-refractivity contribution is 7.09. The van der Waals surface area contributed by atoms with Gasteiger partial charge in [0.2, 0.25) is 11.0 Å². The zero-order valence-corrected chi connectivity index (χ0v) is 18.1. The number of anilines is 1. The summed E-state index contributed by atoms with van der Waals surface area (Å²) in [6.07, 6.45) is 1.60. The molecule has 3 aromatic rings. The van der Waals surface area contributed by atoms with E-state index in [-0.39, 0.29) is 18.5 Å². The zero-order valence-electron chi connectivity index (χ0n) is 17.3. The van der Waals surface area contributed by atoms with Crippen LogP contribution in [0.15, 0.2) is 54.6 Å². The molecule has 2 aromatic carbocycles. The van der Waals surface area contributed by atoms with Crippen molar-refractivity contribution in [2.75, 3.05) is 11.4 Å². The fourth-order valence-electron chi connectivity index (χ4n) is 2.92. The van der Waals surface area contributed by atoms with Gasteiger partial charge in [-0.3, -0.25) is 4.79 Å². The molecule has 0 fully saturated rings. The van der Waals surface area contributed by atoms with Crippen LogP contribution in [0.25, 0.3) is 0 Å². The molecule has 0 unspecified atom stereocenters. The van der Waals surface area contributed by atoms with Crippen LogP contribution >= 0.6 is 11.5 Å². The monoisotopic (exact) mass is 408 g/mol. The molecule has 0 aliphatic rings. The second-order valence-corrected chi connectivity index (χ2v) is 8.10. The van der Waals surface area contributed by atoms with Gasteiger partial charge in [0.05, 0.1) is 6.54 Å². The molecule has 1 atom stereocenters. The van der Waals surface area contributed by atoms with E-state index in [1.54, 1.807) is 0 Å². The highest BCUT2D eigenvalue weighted by atomic mass is 32.1. The van der Waals surface area contributed by atoms with Crippen LogP contribution in [-0.2, 0) is 17.8 Å². The van der Waals surface area contributed by atoms with Crippen LogP contribution < -0.4 is 10.2 Å². The number of aromatic nitrogens is 2. The first kappa shape index (κ1) is 21.0. The number of nitrogens with zero attached hydrogens (tertiary/aromatic N) is 3. The number of rotatable bonds is 9. The van der Waals surface area contributed by atoms with E-state index in [4.69, 9.17) is 4.98 Å². The average Bonchev–Trinajstić information content (AvgIpc) is 3.18. The Bertz CT molecular complexity index is 908. The van der Waals surface area contributed by atoms with Gasteiger partial charge in [0.1, 0.15) is 5.82 Å². The molecular formula is C23H28N4OS. The lowest BCUT2D eigenvalue weighted by Gasteiger charge is -2.22. The van der Waals surface area contributed by atoms with E-state index in [1.807, 2.05) is 30.0 Å². The van der Waals surface area contributed by atoms with Gasteiger partial charge in [-0.05, 0) is 31.4 Å². The first-order valence-corrected chi connectivity index (χ1v) is 10.8. The van der Waals surface area contributed by atoms with Crippen molar-refractivity contribution in [3.8, 4) is 0 Å². The maximum absolute atomic E-state index is 12.5. The van der Waals surface area contributed by atoms with E-state index in [2.05, 4.69) is 59.9 Å². The topological polar surface area (TPSA) is 58.1 Å². The molecule has 6 heteroatoms. The number of amides is 1. The Morgan fingerprint density at radius 3 is 2.52 bits per heavy atom. The summed E-state index contributed by atoms with van der Waals surface area (Å²) in [4.78, 5) is 19.3. The number of nitrogens with one attached hydrogen (secondary N) is 1. The van der Waals surface area contributed by atoms with Gasteiger partial charge in [0, 0.05) is 30.5 Å². The number of aryl methyl sites for hydroxylation is 1. The molecule has 1 aromatic heterocycles. The molecular weight excluding hydrogens is 380 g/mol. The Kier molecular flexibility index (Phi) is 7.36. The largest absolute Gasteiger partial charge is 0.352 e. The molecule has 0 spiro atoms. The van der Waals surface area contributed by atoms with Gasteiger partial charge >= 0.3 is 0 Å². The lowest BCUT2D eigenvalue weighted by Crippen LogP contribution is -2.40. The molecule has 0 bridgehead atoms. The number of carbonyl (C=O) groups is 1. The van der Waals surface area contributed by atoms with Gasteiger partial charge in [-0.25, -0.2) is 4.98 Å². The van der Waals surface area contributed by atoms with Crippen LogP contribution in [0.1, 0.15) is 42.8 Å². The van der Waals surface area contributed by atoms with Crippen LogP contribution in [0.2, 0.25) is 0 Å². The molecule has 0 saturated heterocycles. The lowest BCUT2D eigenvalue weighted by molar-refractivity contribution is -0.120. The molecule has 0 aliphatic carbocycles. The fraction of sp³-hybridized carbons (Fsp3) is 0.348. The van der Waals surface area contributed by atoms with Gasteiger partial charge in [0.15, 0.2) is 0 Å². The molecule has 1 heterocycles. The number of hydrogen-bond donors (Lipinski definition) is 1. The van der Waals surface area contributed by atoms with Crippen molar-refractivity contribution in [2.24, 2.45) is 0 Å². The van der Waals surface area contributed by atoms with Gasteiger partial charge in [-0.1, -0.05) is 67.1 Å². The minimum absolute atomic E-state index is 0.00515. The van der Waals surface area contributed by atoms with Crippen LogP contribution in [0.3, 0.4) is 0 Å². The minimum Gasteiger partial charge on any atom is -0.352 e. The van der Waals surface area contributed by atoms with Crippen molar-refractivity contribution >= 4 is 22.6 Å². The van der Waals surface area contributed by atoms with E-state index in [0.717, 1.165) is 22.9 Å². The van der Waals surface area contributed by atoms with Crippen LogP contribution in [0.4, 0.5) is 5.13 Å². The van der Waals surface area contributed by atoms with Gasteiger partial charge in [0.25, 0.3) is 0 Å². The normalized spacial score (nSPS) is 11.8. The third kappa shape index (κ3) is 6.39. The average molecular weight is 409 g/mol. The molecule has 1 amide bonds. The molecule has 1 N–H and O–H groups in total. The lowest BCUT2D eigenvalue weighted by atomic mass is 10.1. The number of hydrogen-bond acceptors (Lipinski definition) is 5. The molecule has 0 aliphatic heterocycles. The van der Waals surface area contributed by atoms with Crippen molar-refractivity contribution in [1.82, 2.24) is 14.7 Å². The Labute approximate surface area is 177 Å². The highest BCUT2D eigenvalue weighted by Crippen LogP contribution is 2.21. The summed E-state index contributed by atoms with van der Waals surface area (Å²) in [5.74, 6) is 0.791. The first-order valence-electron chi connectivity index (χ1n) is 10.00. The Balaban J connectivity index is 1.75. The van der Waals surface area contributed by atoms with E-state index >= 15 is 0 Å². The summed E-state index contributed by atoms with van der Waals surface area (Å²) in [5, 5.41) is 3.82. The summed E-state index contributed by atoms with van der Waals surface area (Å²) in [6, 6.07) is 18.7. The Morgan fingerprint density at radius 2 is 1.83 bits per heavy atom. The molecule has 29 heavy (non-hydrogen) atoms. The van der Waals surface area contributed by atoms with Gasteiger partial charge in [-0.15, -0.1) is 0 Å². The summed E-state index contributed by atoms with van der Waals surface area (Å²) in [7, 11) is 0. The van der Waals surface area contributed by atoms with Crippen molar-refractivity contribution < 1.29 is 4.79 Å². The Hall–Kier alpha value is -2.73. The van der Waals surface area contributed by atoms with Crippen molar-refractivity contribution in [1.29, 1.82) is 0 Å². The number of benzene rings is 2. The Morgan fingerprint density at radius 1 is 1.10 bits per heavy atom. The van der Waals surface area contributed by atoms with Gasteiger partial charge < -0.3 is 10.2 Å². The quantitative estimate of drug-likeness (QED) is 0.572. The smallest absolute Gasteiger partial charge is 0.239 e. The molecule has 0 saturated carbocycles. The second-order valence-electron chi connectivity index (χ2n) is 7.37.